The fourth-order valence-electron chi connectivity index (χ4n) is 5.01. The van der Waals surface area contributed by atoms with Crippen molar-refractivity contribution in [1.29, 1.82) is 0 Å². The van der Waals surface area contributed by atoms with Crippen molar-refractivity contribution in [1.82, 2.24) is 0 Å². The van der Waals surface area contributed by atoms with E-state index in [4.69, 9.17) is 4.74 Å². The molecule has 34 heavy (non-hydrogen) atoms. The van der Waals surface area contributed by atoms with Crippen LogP contribution in [-0.4, -0.2) is 18.8 Å². The molecule has 172 valence electrons. The Morgan fingerprint density at radius 1 is 0.971 bits per heavy atom. The number of allylic oxidation sites excluding steroid dienone is 1. The number of fused-ring (bicyclic) bond motifs is 1. The zero-order valence-electron chi connectivity index (χ0n) is 19.0. The van der Waals surface area contributed by atoms with Gasteiger partial charge >= 0.3 is 0 Å². The van der Waals surface area contributed by atoms with Gasteiger partial charge in [0, 0.05) is 24.6 Å². The van der Waals surface area contributed by atoms with Crippen molar-refractivity contribution in [3.8, 4) is 5.75 Å². The van der Waals surface area contributed by atoms with Gasteiger partial charge in [-0.05, 0) is 59.9 Å². The molecule has 1 N–H and O–H groups in total. The molecule has 0 spiro atoms. The molecule has 3 aromatic rings. The summed E-state index contributed by atoms with van der Waals surface area (Å²) < 4.78 is 19.0. The van der Waals surface area contributed by atoms with Gasteiger partial charge in [0.15, 0.2) is 5.78 Å². The van der Waals surface area contributed by atoms with E-state index in [-0.39, 0.29) is 23.4 Å². The quantitative estimate of drug-likeness (QED) is 0.545. The Hall–Kier alpha value is -3.93. The van der Waals surface area contributed by atoms with Gasteiger partial charge in [-0.25, -0.2) is 4.39 Å². The fraction of sp³-hybridized carbons (Fsp3) is 0.214. The molecule has 2 atom stereocenters. The molecule has 0 unspecified atom stereocenters. The van der Waals surface area contributed by atoms with Crippen molar-refractivity contribution < 1.29 is 18.7 Å². The Balaban J connectivity index is 1.66. The summed E-state index contributed by atoms with van der Waals surface area (Å²) in [7, 11) is 1.62. The molecule has 0 saturated carbocycles. The van der Waals surface area contributed by atoms with Crippen LogP contribution in [0.5, 0.6) is 5.75 Å². The van der Waals surface area contributed by atoms with Gasteiger partial charge in [-0.15, -0.1) is 0 Å². The number of halogens is 1. The molecule has 2 aliphatic rings. The topological polar surface area (TPSA) is 58.6 Å². The normalized spacial score (nSPS) is 19.6. The number of carbonyl (C=O) groups is 2. The van der Waals surface area contributed by atoms with Gasteiger partial charge in [0.2, 0.25) is 5.91 Å². The first-order valence-corrected chi connectivity index (χ1v) is 11.3. The van der Waals surface area contributed by atoms with Gasteiger partial charge in [-0.3, -0.25) is 14.5 Å². The lowest BCUT2D eigenvalue weighted by atomic mass is 9.78. The van der Waals surface area contributed by atoms with Crippen molar-refractivity contribution in [2.45, 2.75) is 31.7 Å². The van der Waals surface area contributed by atoms with Crippen molar-refractivity contribution >= 4 is 23.1 Å². The number of hydrogen-bond donors (Lipinski definition) is 1. The summed E-state index contributed by atoms with van der Waals surface area (Å²) in [4.78, 5) is 28.3. The zero-order chi connectivity index (χ0) is 23.8. The molecule has 1 aliphatic carbocycles. The second kappa shape index (κ2) is 8.78. The van der Waals surface area contributed by atoms with Crippen molar-refractivity contribution in [2.24, 2.45) is 0 Å². The number of Topliss-reactive ketones (excluding diaryl/α,β-unsaturated/α-hetero) is 1. The minimum Gasteiger partial charge on any atom is -0.497 e. The molecular formula is C28H25FN2O3. The highest BCUT2D eigenvalue weighted by molar-refractivity contribution is 6.06. The Morgan fingerprint density at radius 3 is 2.32 bits per heavy atom. The van der Waals surface area contributed by atoms with Crippen LogP contribution < -0.4 is 15.0 Å². The summed E-state index contributed by atoms with van der Waals surface area (Å²) in [6, 6.07) is 20.7. The number of nitrogens with zero attached hydrogens (tertiary/aromatic N) is 1. The number of rotatable bonds is 3. The van der Waals surface area contributed by atoms with E-state index in [1.165, 1.54) is 19.1 Å². The molecule has 1 heterocycles. The first kappa shape index (κ1) is 21.9. The van der Waals surface area contributed by atoms with Crippen LogP contribution in [0.2, 0.25) is 0 Å². The minimum absolute atomic E-state index is 0.00503. The first-order valence-electron chi connectivity index (χ1n) is 11.3. The smallest absolute Gasteiger partial charge is 0.224 e. The van der Waals surface area contributed by atoms with E-state index in [0.717, 1.165) is 22.7 Å². The largest absolute Gasteiger partial charge is 0.497 e. The van der Waals surface area contributed by atoms with E-state index in [0.29, 0.717) is 29.7 Å². The molecule has 5 nitrogen and oxygen atoms in total. The highest BCUT2D eigenvalue weighted by Gasteiger charge is 2.40. The predicted octanol–water partition coefficient (Wildman–Crippen LogP) is 5.75. The number of ether oxygens (including phenoxy) is 1. The molecule has 0 saturated heterocycles. The van der Waals surface area contributed by atoms with E-state index in [1.54, 1.807) is 24.1 Å². The molecule has 1 amide bonds. The van der Waals surface area contributed by atoms with Crippen LogP contribution in [0.3, 0.4) is 0 Å². The average Bonchev–Trinajstić information content (AvgIpc) is 2.99. The number of methoxy groups -OCH3 is 1. The maximum Gasteiger partial charge on any atom is 0.224 e. The highest BCUT2D eigenvalue weighted by Crippen LogP contribution is 2.47. The average molecular weight is 457 g/mol. The third-order valence-corrected chi connectivity index (χ3v) is 6.60. The molecule has 0 fully saturated rings. The number of ketones is 1. The highest BCUT2D eigenvalue weighted by atomic mass is 19.1. The van der Waals surface area contributed by atoms with Crippen LogP contribution in [0.15, 0.2) is 84.1 Å². The summed E-state index contributed by atoms with van der Waals surface area (Å²) in [6.07, 6.45) is 0.942. The summed E-state index contributed by atoms with van der Waals surface area (Å²) in [5, 5.41) is 3.48. The number of amides is 1. The molecular weight excluding hydrogens is 431 g/mol. The maximum absolute atomic E-state index is 13.8. The Kier molecular flexibility index (Phi) is 5.65. The lowest BCUT2D eigenvalue weighted by Gasteiger charge is -2.34. The van der Waals surface area contributed by atoms with Crippen LogP contribution in [0.1, 0.15) is 42.9 Å². The van der Waals surface area contributed by atoms with Crippen LogP contribution >= 0.6 is 0 Å². The van der Waals surface area contributed by atoms with Crippen LogP contribution in [0.25, 0.3) is 0 Å². The molecule has 0 aromatic heterocycles. The van der Waals surface area contributed by atoms with Gasteiger partial charge in [-0.1, -0.05) is 36.4 Å². The number of nitrogens with one attached hydrogen (secondary N) is 1. The predicted molar refractivity (Wildman–Crippen MR) is 129 cm³/mol. The summed E-state index contributed by atoms with van der Waals surface area (Å²) >= 11 is 0. The Labute approximate surface area is 197 Å². The van der Waals surface area contributed by atoms with E-state index < -0.39 is 6.04 Å². The summed E-state index contributed by atoms with van der Waals surface area (Å²) in [6.45, 7) is 1.49. The minimum atomic E-state index is -0.645. The second-order valence-electron chi connectivity index (χ2n) is 8.68. The van der Waals surface area contributed by atoms with Gasteiger partial charge < -0.3 is 10.1 Å². The SMILES string of the molecule is COc1ccc([C@@H]2CC(=O)C3=C(C2)Nc2ccccc2N(C(C)=O)[C@H]3c2ccc(F)cc2)cc1. The number of benzene rings is 3. The van der Waals surface area contributed by atoms with Crippen LogP contribution in [-0.2, 0) is 9.59 Å². The molecule has 6 heteroatoms. The molecule has 0 radical (unpaired) electrons. The second-order valence-corrected chi connectivity index (χ2v) is 8.68. The third kappa shape index (κ3) is 3.85. The Bertz CT molecular complexity index is 1280. The number of carbonyl (C=O) groups excluding carboxylic acids is 2. The van der Waals surface area contributed by atoms with E-state index in [2.05, 4.69) is 5.32 Å². The van der Waals surface area contributed by atoms with E-state index >= 15 is 0 Å². The molecule has 3 aromatic carbocycles. The number of anilines is 2. The Morgan fingerprint density at radius 2 is 1.65 bits per heavy atom. The van der Waals surface area contributed by atoms with Crippen molar-refractivity contribution in [2.75, 3.05) is 17.3 Å². The molecule has 0 bridgehead atoms. The lowest BCUT2D eigenvalue weighted by Crippen LogP contribution is -2.37. The molecule has 1 aliphatic heterocycles. The summed E-state index contributed by atoms with van der Waals surface area (Å²) in [5.41, 5.74) is 4.55. The van der Waals surface area contributed by atoms with Gasteiger partial charge in [-0.2, -0.15) is 0 Å². The number of hydrogen-bond acceptors (Lipinski definition) is 4. The summed E-state index contributed by atoms with van der Waals surface area (Å²) in [5.74, 6) is 0.176. The van der Waals surface area contributed by atoms with Crippen LogP contribution in [0.4, 0.5) is 15.8 Å². The lowest BCUT2D eigenvalue weighted by molar-refractivity contribution is -0.117. The van der Waals surface area contributed by atoms with Gasteiger partial charge in [0.1, 0.15) is 11.6 Å². The van der Waals surface area contributed by atoms with Crippen LogP contribution in [0, 0.1) is 5.82 Å². The standard InChI is InChI=1S/C28H25FN2O3/c1-17(32)31-25-6-4-3-5-23(25)30-24-15-20(18-9-13-22(34-2)14-10-18)16-26(33)27(24)28(31)19-7-11-21(29)12-8-19/h3-14,20,28,30H,15-16H2,1-2H3/t20-,28-/m0/s1. The van der Waals surface area contributed by atoms with Crippen molar-refractivity contribution in [3.05, 3.63) is 101 Å². The monoisotopic (exact) mass is 456 g/mol. The van der Waals surface area contributed by atoms with E-state index in [1.807, 2.05) is 48.5 Å². The van der Waals surface area contributed by atoms with Gasteiger partial charge in [0.25, 0.3) is 0 Å². The van der Waals surface area contributed by atoms with Gasteiger partial charge in [0.05, 0.1) is 24.5 Å². The van der Waals surface area contributed by atoms with Crippen molar-refractivity contribution in [3.63, 3.8) is 0 Å². The fourth-order valence-corrected chi connectivity index (χ4v) is 5.01. The number of para-hydroxylation sites is 2. The van der Waals surface area contributed by atoms with E-state index in [9.17, 15) is 14.0 Å². The first-order chi connectivity index (χ1) is 16.5. The molecule has 5 rings (SSSR count). The zero-order valence-corrected chi connectivity index (χ0v) is 19.0. The maximum atomic E-state index is 13.8. The third-order valence-electron chi connectivity index (χ3n) is 6.60.